The maximum absolute atomic E-state index is 11.3. The first-order valence-corrected chi connectivity index (χ1v) is 9.26. The summed E-state index contributed by atoms with van der Waals surface area (Å²) < 4.78 is 0. The first kappa shape index (κ1) is 18.7. The van der Waals surface area contributed by atoms with E-state index in [4.69, 9.17) is 0 Å². The first-order chi connectivity index (χ1) is 11.6. The van der Waals surface area contributed by atoms with Gasteiger partial charge in [-0.25, -0.2) is 0 Å². The van der Waals surface area contributed by atoms with Gasteiger partial charge in [0.05, 0.1) is 0 Å². The van der Waals surface area contributed by atoms with Crippen LogP contribution >= 0.6 is 0 Å². The van der Waals surface area contributed by atoms with Crippen molar-refractivity contribution in [2.75, 3.05) is 33.2 Å². The second kappa shape index (κ2) is 10.3. The minimum Gasteiger partial charge on any atom is -0.388 e. The molecule has 2 rings (SSSR count). The van der Waals surface area contributed by atoms with E-state index in [1.807, 2.05) is 0 Å². The highest BCUT2D eigenvalue weighted by Gasteiger charge is 2.10. The van der Waals surface area contributed by atoms with E-state index in [2.05, 4.69) is 22.6 Å². The first-order valence-electron chi connectivity index (χ1n) is 9.26. The Morgan fingerprint density at radius 3 is 1.71 bits per heavy atom. The number of nitrogens with zero attached hydrogens (tertiary/aromatic N) is 1. The van der Waals surface area contributed by atoms with Crippen LogP contribution in [0.1, 0.15) is 51.4 Å². The lowest BCUT2D eigenvalue weighted by Gasteiger charge is -2.19. The molecule has 134 valence electrons. The summed E-state index contributed by atoms with van der Waals surface area (Å²) in [6.07, 6.45) is 11.1. The van der Waals surface area contributed by atoms with Crippen LogP contribution in [0.3, 0.4) is 0 Å². The van der Waals surface area contributed by atoms with Gasteiger partial charge in [-0.1, -0.05) is 0 Å². The number of ketones is 2. The Kier molecular flexibility index (Phi) is 8.02. The molecular weight excluding hydrogens is 302 g/mol. The van der Waals surface area contributed by atoms with Crippen LogP contribution in [-0.2, 0) is 9.59 Å². The number of carbonyl (C=O) groups excluding carboxylic acids is 2. The molecule has 0 heterocycles. The zero-order valence-electron chi connectivity index (χ0n) is 14.9. The van der Waals surface area contributed by atoms with Gasteiger partial charge in [0.1, 0.15) is 0 Å². The van der Waals surface area contributed by atoms with E-state index in [0.29, 0.717) is 12.8 Å². The summed E-state index contributed by atoms with van der Waals surface area (Å²) in [6.45, 7) is 3.96. The molecule has 0 saturated carbocycles. The average molecular weight is 333 g/mol. The summed E-state index contributed by atoms with van der Waals surface area (Å²) >= 11 is 0. The lowest BCUT2D eigenvalue weighted by atomic mass is 10.0. The van der Waals surface area contributed by atoms with Crippen LogP contribution in [0.5, 0.6) is 0 Å². The Hall–Kier alpha value is -1.62. The Bertz CT molecular complexity index is 453. The van der Waals surface area contributed by atoms with Crippen molar-refractivity contribution in [1.29, 1.82) is 0 Å². The topological polar surface area (TPSA) is 61.4 Å². The molecule has 0 unspecified atom stereocenters. The van der Waals surface area contributed by atoms with E-state index in [1.165, 1.54) is 0 Å². The maximum Gasteiger partial charge on any atom is 0.157 e. The summed E-state index contributed by atoms with van der Waals surface area (Å²) in [5.74, 6) is 0.506. The van der Waals surface area contributed by atoms with E-state index in [-0.39, 0.29) is 11.6 Å². The highest BCUT2D eigenvalue weighted by atomic mass is 16.1. The lowest BCUT2D eigenvalue weighted by molar-refractivity contribution is -0.115. The molecule has 0 aliphatic heterocycles. The third-order valence-electron chi connectivity index (χ3n) is 4.55. The molecule has 0 amide bonds. The van der Waals surface area contributed by atoms with Crippen LogP contribution in [0.15, 0.2) is 23.5 Å². The van der Waals surface area contributed by atoms with Gasteiger partial charge in [-0.2, -0.15) is 0 Å². The smallest absolute Gasteiger partial charge is 0.157 e. The van der Waals surface area contributed by atoms with Gasteiger partial charge in [-0.15, -0.1) is 0 Å². The monoisotopic (exact) mass is 333 g/mol. The van der Waals surface area contributed by atoms with Gasteiger partial charge in [-0.3, -0.25) is 9.59 Å². The molecule has 0 radical (unpaired) electrons. The molecule has 0 aromatic rings. The van der Waals surface area contributed by atoms with Gasteiger partial charge in [0.15, 0.2) is 11.6 Å². The molecule has 2 N–H and O–H groups in total. The second-order valence-corrected chi connectivity index (χ2v) is 6.84. The van der Waals surface area contributed by atoms with Crippen molar-refractivity contribution in [3.8, 4) is 0 Å². The quantitative estimate of drug-likeness (QED) is 0.600. The van der Waals surface area contributed by atoms with E-state index < -0.39 is 0 Å². The van der Waals surface area contributed by atoms with Crippen LogP contribution < -0.4 is 10.6 Å². The van der Waals surface area contributed by atoms with Crippen LogP contribution in [0.2, 0.25) is 0 Å². The fraction of sp³-hybridized carbons (Fsp3) is 0.684. The molecular formula is C19H31N3O2. The summed E-state index contributed by atoms with van der Waals surface area (Å²) in [6, 6.07) is 0. The Balaban J connectivity index is 1.48. The Morgan fingerprint density at radius 1 is 0.833 bits per heavy atom. The van der Waals surface area contributed by atoms with Gasteiger partial charge in [0.25, 0.3) is 0 Å². The predicted molar refractivity (Wildman–Crippen MR) is 96.6 cm³/mol. The normalized spacial score (nSPS) is 18.4. The summed E-state index contributed by atoms with van der Waals surface area (Å²) in [5, 5.41) is 6.77. The predicted octanol–water partition coefficient (Wildman–Crippen LogP) is 2.15. The molecule has 0 aromatic heterocycles. The zero-order valence-corrected chi connectivity index (χ0v) is 14.9. The molecule has 0 spiro atoms. The van der Waals surface area contributed by atoms with Gasteiger partial charge < -0.3 is 15.5 Å². The number of allylic oxidation sites excluding steroid dienone is 4. The van der Waals surface area contributed by atoms with Crippen molar-refractivity contribution >= 4 is 11.6 Å². The Morgan fingerprint density at radius 2 is 1.29 bits per heavy atom. The molecule has 2 aliphatic rings. The van der Waals surface area contributed by atoms with Gasteiger partial charge in [-0.05, 0) is 58.7 Å². The van der Waals surface area contributed by atoms with E-state index in [1.54, 1.807) is 12.2 Å². The van der Waals surface area contributed by atoms with Crippen LogP contribution in [-0.4, -0.2) is 49.7 Å². The summed E-state index contributed by atoms with van der Waals surface area (Å²) in [5.41, 5.74) is 2.21. The summed E-state index contributed by atoms with van der Waals surface area (Å²) in [4.78, 5) is 25.0. The van der Waals surface area contributed by atoms with Crippen molar-refractivity contribution in [3.63, 3.8) is 0 Å². The molecule has 2 aliphatic carbocycles. The van der Waals surface area contributed by atoms with Crippen LogP contribution in [0, 0.1) is 0 Å². The molecule has 0 aromatic carbocycles. The van der Waals surface area contributed by atoms with Crippen molar-refractivity contribution in [2.24, 2.45) is 0 Å². The van der Waals surface area contributed by atoms with Gasteiger partial charge in [0, 0.05) is 49.5 Å². The number of hydrogen-bond acceptors (Lipinski definition) is 5. The fourth-order valence-corrected chi connectivity index (χ4v) is 3.17. The van der Waals surface area contributed by atoms with Crippen LogP contribution in [0.4, 0.5) is 0 Å². The SMILES string of the molecule is CN(CCCNC1=CC(=O)CCC1)CCCNC1=CC(=O)CCC1. The van der Waals surface area contributed by atoms with E-state index >= 15 is 0 Å². The minimum absolute atomic E-state index is 0.253. The van der Waals surface area contributed by atoms with Crippen molar-refractivity contribution in [2.45, 2.75) is 51.4 Å². The lowest BCUT2D eigenvalue weighted by Crippen LogP contribution is -2.28. The standard InChI is InChI=1S/C19H31N3O2/c1-22(12-4-10-20-16-6-2-8-18(23)14-16)13-5-11-21-17-7-3-9-19(24)15-17/h14-15,20-21H,2-13H2,1H3. The van der Waals surface area contributed by atoms with E-state index in [0.717, 1.165) is 76.1 Å². The van der Waals surface area contributed by atoms with E-state index in [9.17, 15) is 9.59 Å². The van der Waals surface area contributed by atoms with Crippen LogP contribution in [0.25, 0.3) is 0 Å². The Labute approximate surface area is 145 Å². The zero-order chi connectivity index (χ0) is 17.2. The van der Waals surface area contributed by atoms with Crippen molar-refractivity contribution in [3.05, 3.63) is 23.5 Å². The minimum atomic E-state index is 0.253. The van der Waals surface area contributed by atoms with Gasteiger partial charge >= 0.3 is 0 Å². The highest BCUT2D eigenvalue weighted by molar-refractivity contribution is 5.91. The highest BCUT2D eigenvalue weighted by Crippen LogP contribution is 2.13. The summed E-state index contributed by atoms with van der Waals surface area (Å²) in [7, 11) is 2.15. The van der Waals surface area contributed by atoms with Crippen molar-refractivity contribution in [1.82, 2.24) is 15.5 Å². The van der Waals surface area contributed by atoms with Gasteiger partial charge in [0.2, 0.25) is 0 Å². The maximum atomic E-state index is 11.3. The number of hydrogen-bond donors (Lipinski definition) is 2. The molecule has 0 saturated heterocycles. The molecule has 5 nitrogen and oxygen atoms in total. The third kappa shape index (κ3) is 7.30. The number of nitrogens with one attached hydrogen (secondary N) is 2. The average Bonchev–Trinajstić information content (AvgIpc) is 2.56. The molecule has 0 fully saturated rings. The number of rotatable bonds is 10. The fourth-order valence-electron chi connectivity index (χ4n) is 3.17. The molecule has 0 bridgehead atoms. The largest absolute Gasteiger partial charge is 0.388 e. The number of carbonyl (C=O) groups is 2. The molecule has 5 heteroatoms. The van der Waals surface area contributed by atoms with Crippen molar-refractivity contribution < 1.29 is 9.59 Å². The second-order valence-electron chi connectivity index (χ2n) is 6.84. The third-order valence-corrected chi connectivity index (χ3v) is 4.55. The molecule has 24 heavy (non-hydrogen) atoms. The molecule has 0 atom stereocenters.